The van der Waals surface area contributed by atoms with E-state index < -0.39 is 23.1 Å². The van der Waals surface area contributed by atoms with Gasteiger partial charge in [0.15, 0.2) is 11.5 Å². The van der Waals surface area contributed by atoms with Gasteiger partial charge in [-0.1, -0.05) is 70.5 Å². The van der Waals surface area contributed by atoms with Gasteiger partial charge in [-0.05, 0) is 97.8 Å². The number of rotatable bonds is 24. The molecule has 0 saturated carbocycles. The summed E-state index contributed by atoms with van der Waals surface area (Å²) in [4.78, 5) is 59.3. The highest BCUT2D eigenvalue weighted by Gasteiger charge is 2.26. The van der Waals surface area contributed by atoms with Gasteiger partial charge in [-0.3, -0.25) is 9.69 Å². The monoisotopic (exact) mass is 893 g/mol. The van der Waals surface area contributed by atoms with Crippen LogP contribution in [0, 0.1) is 13.9 Å². The Labute approximate surface area is 368 Å². The summed E-state index contributed by atoms with van der Waals surface area (Å²) in [6.07, 6.45) is 6.00. The van der Waals surface area contributed by atoms with Gasteiger partial charge in [-0.15, -0.1) is 10.1 Å². The number of carbonyl (C=O) groups is 3. The SMILES string of the molecule is CCCCC(OC(=O)CN1CCN(CCCOc2ccc(-c3cc(=S)ss3)cc2)CC1)c1ccccc1C(=O)Oc1ccc(/C=C/C(=O)OCCCCO[N+](=O)[O-])cc1OC. The standard InChI is InChI=1S/C44H51N3O11S3/c1-3-4-12-37(57-42(49)31-46-24-22-45(23-25-46)21-9-27-54-34-17-15-33(16-18-34)40-30-43(59)61-60-40)35-10-5-6-11-36(35)44(50)58-38-19-13-32(29-39(38)53-2)14-20-41(48)55-26-7-8-28-56-47(51)52/h5-6,10-11,13-20,29-30,37H,3-4,7-9,12,21-28,31H2,1-2H3/b20-14+. The van der Waals surface area contributed by atoms with E-state index in [1.54, 1.807) is 63.1 Å². The Balaban J connectivity index is 1.08. The molecule has 4 aromatic rings. The van der Waals surface area contributed by atoms with Gasteiger partial charge in [0.2, 0.25) is 0 Å². The zero-order chi connectivity index (χ0) is 43.4. The fourth-order valence-corrected chi connectivity index (χ4v) is 8.90. The maximum atomic E-state index is 13.7. The number of methoxy groups -OCH3 is 1. The predicted molar refractivity (Wildman–Crippen MR) is 236 cm³/mol. The van der Waals surface area contributed by atoms with Gasteiger partial charge in [0.05, 0.1) is 39.0 Å². The molecule has 1 aromatic heterocycles. The Bertz CT molecular complexity index is 2130. The molecule has 1 aliphatic heterocycles. The van der Waals surface area contributed by atoms with E-state index >= 15 is 0 Å². The third-order valence-electron chi connectivity index (χ3n) is 9.71. The Kier molecular flexibility index (Phi) is 19.1. The summed E-state index contributed by atoms with van der Waals surface area (Å²) >= 11 is 5.25. The molecule has 1 saturated heterocycles. The minimum absolute atomic E-state index is 0.0700. The van der Waals surface area contributed by atoms with E-state index in [1.807, 2.05) is 18.2 Å². The highest BCUT2D eigenvalue weighted by molar-refractivity contribution is 7.80. The van der Waals surface area contributed by atoms with Crippen molar-refractivity contribution >= 4 is 56.9 Å². The van der Waals surface area contributed by atoms with Crippen molar-refractivity contribution in [3.8, 4) is 27.7 Å². The summed E-state index contributed by atoms with van der Waals surface area (Å²) in [6, 6.07) is 22.0. The highest BCUT2D eigenvalue weighted by atomic mass is 32.9. The van der Waals surface area contributed by atoms with Crippen LogP contribution in [-0.4, -0.2) is 99.0 Å². The molecule has 1 aliphatic rings. The number of hydrogen-bond donors (Lipinski definition) is 0. The summed E-state index contributed by atoms with van der Waals surface area (Å²) < 4.78 is 29.4. The van der Waals surface area contributed by atoms with Crippen LogP contribution in [-0.2, 0) is 23.9 Å². The molecular weight excluding hydrogens is 843 g/mol. The zero-order valence-corrected chi connectivity index (χ0v) is 36.8. The van der Waals surface area contributed by atoms with Gasteiger partial charge in [0.1, 0.15) is 15.7 Å². The second-order valence-corrected chi connectivity index (χ2v) is 17.0. The van der Waals surface area contributed by atoms with Crippen molar-refractivity contribution in [2.24, 2.45) is 0 Å². The Morgan fingerprint density at radius 3 is 2.36 bits per heavy atom. The largest absolute Gasteiger partial charge is 0.494 e. The van der Waals surface area contributed by atoms with Gasteiger partial charge in [-0.2, -0.15) is 0 Å². The molecule has 1 fully saturated rings. The second-order valence-electron chi connectivity index (χ2n) is 14.1. The van der Waals surface area contributed by atoms with Crippen LogP contribution in [0.4, 0.5) is 0 Å². The van der Waals surface area contributed by atoms with Gasteiger partial charge >= 0.3 is 17.9 Å². The van der Waals surface area contributed by atoms with E-state index in [2.05, 4.69) is 33.7 Å². The van der Waals surface area contributed by atoms with Crippen molar-refractivity contribution in [2.45, 2.75) is 51.6 Å². The number of unbranched alkanes of at least 4 members (excludes halogenated alkanes) is 2. The lowest BCUT2D eigenvalue weighted by molar-refractivity contribution is -0.757. The van der Waals surface area contributed by atoms with Crippen molar-refractivity contribution in [3.05, 3.63) is 110 Å². The Morgan fingerprint density at radius 1 is 0.885 bits per heavy atom. The summed E-state index contributed by atoms with van der Waals surface area (Å²) in [7, 11) is 4.73. The molecule has 2 heterocycles. The first kappa shape index (κ1) is 46.9. The fraction of sp³-hybridized carbons (Fsp3) is 0.409. The summed E-state index contributed by atoms with van der Waals surface area (Å²) in [6.45, 7) is 6.90. The first-order valence-electron chi connectivity index (χ1n) is 20.2. The van der Waals surface area contributed by atoms with Crippen molar-refractivity contribution in [1.82, 2.24) is 9.80 Å². The second kappa shape index (κ2) is 24.9. The molecule has 0 amide bonds. The van der Waals surface area contributed by atoms with E-state index in [0.29, 0.717) is 37.0 Å². The maximum Gasteiger partial charge on any atom is 0.344 e. The number of nitrogens with zero attached hydrogens (tertiary/aromatic N) is 3. The average molecular weight is 894 g/mol. The molecule has 17 heteroatoms. The van der Waals surface area contributed by atoms with Crippen molar-refractivity contribution in [3.63, 3.8) is 0 Å². The number of hydrogen-bond acceptors (Lipinski definition) is 16. The molecule has 0 aliphatic carbocycles. The van der Waals surface area contributed by atoms with E-state index in [4.69, 9.17) is 35.9 Å². The van der Waals surface area contributed by atoms with E-state index in [9.17, 15) is 24.5 Å². The molecule has 0 spiro atoms. The van der Waals surface area contributed by atoms with Crippen LogP contribution in [0.3, 0.4) is 0 Å². The average Bonchev–Trinajstić information content (AvgIpc) is 3.71. The smallest absolute Gasteiger partial charge is 0.344 e. The van der Waals surface area contributed by atoms with Gasteiger partial charge in [0, 0.05) is 49.2 Å². The van der Waals surface area contributed by atoms with Crippen molar-refractivity contribution in [1.29, 1.82) is 0 Å². The third kappa shape index (κ3) is 15.7. The van der Waals surface area contributed by atoms with Crippen LogP contribution in [0.25, 0.3) is 16.5 Å². The lowest BCUT2D eigenvalue weighted by Gasteiger charge is -2.34. The first-order valence-corrected chi connectivity index (χ1v) is 22.8. The van der Waals surface area contributed by atoms with Gasteiger partial charge < -0.3 is 33.4 Å². The molecule has 0 radical (unpaired) electrons. The molecule has 0 bridgehead atoms. The Hall–Kier alpha value is -5.20. The quantitative estimate of drug-likeness (QED) is 0.00961. The molecule has 3 aromatic carbocycles. The minimum Gasteiger partial charge on any atom is -0.494 e. The van der Waals surface area contributed by atoms with Crippen LogP contribution in [0.5, 0.6) is 17.2 Å². The zero-order valence-electron chi connectivity index (χ0n) is 34.3. The number of esters is 3. The highest BCUT2D eigenvalue weighted by Crippen LogP contribution is 2.33. The number of carbonyl (C=O) groups excluding carboxylic acids is 3. The van der Waals surface area contributed by atoms with Crippen molar-refractivity contribution in [2.75, 3.05) is 66.2 Å². The summed E-state index contributed by atoms with van der Waals surface area (Å²) in [5, 5.41) is 9.34. The third-order valence-corrected chi connectivity index (χ3v) is 12.6. The van der Waals surface area contributed by atoms with Crippen LogP contribution in [0.15, 0.2) is 78.9 Å². The molecular formula is C44H51N3O11S3. The first-order chi connectivity index (χ1) is 29.6. The normalized spacial score (nSPS) is 13.7. The summed E-state index contributed by atoms with van der Waals surface area (Å²) in [5.74, 6) is -0.298. The lowest BCUT2D eigenvalue weighted by Crippen LogP contribution is -2.48. The predicted octanol–water partition coefficient (Wildman–Crippen LogP) is 8.84. The molecule has 326 valence electrons. The van der Waals surface area contributed by atoms with Crippen LogP contribution < -0.4 is 14.2 Å². The Morgan fingerprint density at radius 2 is 1.64 bits per heavy atom. The van der Waals surface area contributed by atoms with Crippen LogP contribution in [0.1, 0.15) is 73.0 Å². The van der Waals surface area contributed by atoms with Crippen LogP contribution >= 0.6 is 32.9 Å². The molecule has 14 nitrogen and oxygen atoms in total. The van der Waals surface area contributed by atoms with Gasteiger partial charge in [-0.25, -0.2) is 9.59 Å². The number of piperazine rings is 1. The van der Waals surface area contributed by atoms with E-state index in [0.717, 1.165) is 67.1 Å². The molecule has 61 heavy (non-hydrogen) atoms. The van der Waals surface area contributed by atoms with Gasteiger partial charge in [0.25, 0.3) is 5.09 Å². The molecule has 1 atom stereocenters. The lowest BCUT2D eigenvalue weighted by atomic mass is 9.98. The van der Waals surface area contributed by atoms with Crippen LogP contribution in [0.2, 0.25) is 0 Å². The molecule has 5 rings (SSSR count). The van der Waals surface area contributed by atoms with E-state index in [1.165, 1.54) is 24.1 Å². The number of ether oxygens (including phenoxy) is 5. The van der Waals surface area contributed by atoms with E-state index in [-0.39, 0.29) is 42.8 Å². The maximum absolute atomic E-state index is 13.7. The topological polar surface area (TPSA) is 156 Å². The molecule has 1 unspecified atom stereocenters. The van der Waals surface area contributed by atoms with Crippen molar-refractivity contribution < 1.29 is 48.0 Å². The molecule has 0 N–H and O–H groups in total. The minimum atomic E-state index is -0.866. The number of benzene rings is 3. The fourth-order valence-electron chi connectivity index (χ4n) is 6.50. The summed E-state index contributed by atoms with van der Waals surface area (Å²) in [5.41, 5.74) is 2.57.